The molecule has 2 rings (SSSR count). The number of amides is 2. The molecule has 2 N–H and O–H groups in total. The van der Waals surface area contributed by atoms with Gasteiger partial charge in [0.2, 0.25) is 0 Å². The van der Waals surface area contributed by atoms with Gasteiger partial charge in [0.05, 0.1) is 0 Å². The van der Waals surface area contributed by atoms with Crippen molar-refractivity contribution in [1.29, 1.82) is 0 Å². The molecule has 0 fully saturated rings. The Morgan fingerprint density at radius 1 is 1.40 bits per heavy atom. The predicted molar refractivity (Wildman–Crippen MR) is 60.0 cm³/mol. The van der Waals surface area contributed by atoms with E-state index in [0.717, 1.165) is 13.0 Å². The molecule has 1 aliphatic carbocycles. The van der Waals surface area contributed by atoms with E-state index in [4.69, 9.17) is 0 Å². The zero-order valence-corrected chi connectivity index (χ0v) is 8.92. The predicted octanol–water partition coefficient (Wildman–Crippen LogP) is 1.65. The molecule has 0 spiro atoms. The molecular formula is C12H16N2O. The minimum Gasteiger partial charge on any atom is -0.338 e. The molecule has 0 radical (unpaired) electrons. The molecule has 0 heterocycles. The molecule has 1 aliphatic rings. The molecule has 3 heteroatoms. The van der Waals surface area contributed by atoms with E-state index in [1.165, 1.54) is 11.1 Å². The van der Waals surface area contributed by atoms with E-state index in [9.17, 15) is 4.79 Å². The van der Waals surface area contributed by atoms with Crippen LogP contribution in [0.1, 0.15) is 24.0 Å². The van der Waals surface area contributed by atoms with E-state index in [1.54, 1.807) is 0 Å². The Morgan fingerprint density at radius 2 is 2.20 bits per heavy atom. The summed E-state index contributed by atoms with van der Waals surface area (Å²) in [6, 6.07) is 8.34. The molecule has 1 unspecified atom stereocenters. The first-order valence-corrected chi connectivity index (χ1v) is 5.40. The number of urea groups is 1. The lowest BCUT2D eigenvalue weighted by molar-refractivity contribution is 0.240. The fraction of sp³-hybridized carbons (Fsp3) is 0.417. The maximum absolute atomic E-state index is 11.2. The van der Waals surface area contributed by atoms with Crippen LogP contribution in [0.4, 0.5) is 4.79 Å². The third-order valence-electron chi connectivity index (χ3n) is 2.81. The Labute approximate surface area is 89.9 Å². The summed E-state index contributed by atoms with van der Waals surface area (Å²) >= 11 is 0. The molecule has 0 saturated heterocycles. The van der Waals surface area contributed by atoms with Crippen LogP contribution in [0.3, 0.4) is 0 Å². The van der Waals surface area contributed by atoms with Crippen molar-refractivity contribution >= 4 is 6.03 Å². The Kier molecular flexibility index (Phi) is 2.90. The quantitative estimate of drug-likeness (QED) is 0.772. The van der Waals surface area contributed by atoms with Gasteiger partial charge in [-0.25, -0.2) is 4.79 Å². The van der Waals surface area contributed by atoms with Gasteiger partial charge in [-0.2, -0.15) is 0 Å². The second-order valence-electron chi connectivity index (χ2n) is 3.84. The average Bonchev–Trinajstić information content (AvgIpc) is 2.20. The van der Waals surface area contributed by atoms with Crippen molar-refractivity contribution in [2.75, 3.05) is 13.1 Å². The fourth-order valence-electron chi connectivity index (χ4n) is 1.98. The van der Waals surface area contributed by atoms with Crippen molar-refractivity contribution in [3.05, 3.63) is 35.4 Å². The highest BCUT2D eigenvalue weighted by Gasteiger charge is 2.25. The summed E-state index contributed by atoms with van der Waals surface area (Å²) < 4.78 is 0. The van der Waals surface area contributed by atoms with Crippen molar-refractivity contribution in [2.24, 2.45) is 0 Å². The van der Waals surface area contributed by atoms with Gasteiger partial charge in [-0.3, -0.25) is 0 Å². The number of nitrogens with one attached hydrogen (secondary N) is 2. The summed E-state index contributed by atoms with van der Waals surface area (Å²) in [7, 11) is 0. The van der Waals surface area contributed by atoms with Gasteiger partial charge >= 0.3 is 6.03 Å². The highest BCUT2D eigenvalue weighted by molar-refractivity contribution is 5.73. The Morgan fingerprint density at radius 3 is 2.93 bits per heavy atom. The standard InChI is InChI=1S/C12H16N2O/c1-2-13-12(15)14-8-10-7-9-5-3-4-6-11(9)10/h3-6,10H,2,7-8H2,1H3,(H2,13,14,15). The van der Waals surface area contributed by atoms with Crippen LogP contribution in [0.2, 0.25) is 0 Å². The zero-order chi connectivity index (χ0) is 10.7. The van der Waals surface area contributed by atoms with Gasteiger partial charge in [0.15, 0.2) is 0 Å². The lowest BCUT2D eigenvalue weighted by Gasteiger charge is -2.30. The Bertz CT molecular complexity index is 362. The third-order valence-corrected chi connectivity index (χ3v) is 2.81. The first-order valence-electron chi connectivity index (χ1n) is 5.40. The maximum atomic E-state index is 11.2. The van der Waals surface area contributed by atoms with Crippen LogP contribution in [0.5, 0.6) is 0 Å². The topological polar surface area (TPSA) is 41.1 Å². The number of hydrogen-bond donors (Lipinski definition) is 2. The van der Waals surface area contributed by atoms with E-state index in [0.29, 0.717) is 12.5 Å². The van der Waals surface area contributed by atoms with Gasteiger partial charge in [0.25, 0.3) is 0 Å². The minimum absolute atomic E-state index is 0.0677. The molecule has 1 atom stereocenters. The third kappa shape index (κ3) is 2.12. The van der Waals surface area contributed by atoms with E-state index < -0.39 is 0 Å². The van der Waals surface area contributed by atoms with E-state index >= 15 is 0 Å². The summed E-state index contributed by atoms with van der Waals surface area (Å²) in [5, 5.41) is 5.60. The highest BCUT2D eigenvalue weighted by Crippen LogP contribution is 2.33. The molecule has 2 amide bonds. The van der Waals surface area contributed by atoms with Crippen LogP contribution in [0.15, 0.2) is 24.3 Å². The van der Waals surface area contributed by atoms with Gasteiger partial charge in [-0.1, -0.05) is 24.3 Å². The largest absolute Gasteiger partial charge is 0.338 e. The van der Waals surface area contributed by atoms with Crippen LogP contribution in [0.25, 0.3) is 0 Å². The number of carbonyl (C=O) groups excluding carboxylic acids is 1. The Balaban J connectivity index is 1.82. The summed E-state index contributed by atoms with van der Waals surface area (Å²) in [6.45, 7) is 3.33. The van der Waals surface area contributed by atoms with Gasteiger partial charge in [0, 0.05) is 19.0 Å². The van der Waals surface area contributed by atoms with E-state index in [1.807, 2.05) is 6.92 Å². The molecule has 0 saturated carbocycles. The van der Waals surface area contributed by atoms with E-state index in [2.05, 4.69) is 34.9 Å². The zero-order valence-electron chi connectivity index (χ0n) is 8.92. The summed E-state index contributed by atoms with van der Waals surface area (Å²) in [4.78, 5) is 11.2. The smallest absolute Gasteiger partial charge is 0.314 e. The molecule has 80 valence electrons. The van der Waals surface area contributed by atoms with Crippen molar-refractivity contribution in [3.8, 4) is 0 Å². The molecule has 3 nitrogen and oxygen atoms in total. The number of rotatable bonds is 3. The molecular weight excluding hydrogens is 188 g/mol. The van der Waals surface area contributed by atoms with Crippen molar-refractivity contribution in [2.45, 2.75) is 19.3 Å². The van der Waals surface area contributed by atoms with Gasteiger partial charge in [-0.15, -0.1) is 0 Å². The van der Waals surface area contributed by atoms with Gasteiger partial charge in [0.1, 0.15) is 0 Å². The van der Waals surface area contributed by atoms with Gasteiger partial charge < -0.3 is 10.6 Å². The first-order chi connectivity index (χ1) is 7.31. The molecule has 0 aliphatic heterocycles. The number of hydrogen-bond acceptors (Lipinski definition) is 1. The minimum atomic E-state index is -0.0677. The SMILES string of the molecule is CCNC(=O)NCC1Cc2ccccc21. The average molecular weight is 204 g/mol. The van der Waals surface area contributed by atoms with Crippen LogP contribution in [-0.2, 0) is 6.42 Å². The molecule has 0 bridgehead atoms. The number of benzene rings is 1. The number of carbonyl (C=O) groups is 1. The second kappa shape index (κ2) is 4.34. The van der Waals surface area contributed by atoms with E-state index in [-0.39, 0.29) is 6.03 Å². The number of fused-ring (bicyclic) bond motifs is 1. The van der Waals surface area contributed by atoms with Crippen molar-refractivity contribution < 1.29 is 4.79 Å². The molecule has 0 aromatic heterocycles. The molecule has 1 aromatic carbocycles. The van der Waals surface area contributed by atoms with Crippen molar-refractivity contribution in [3.63, 3.8) is 0 Å². The highest BCUT2D eigenvalue weighted by atomic mass is 16.2. The summed E-state index contributed by atoms with van der Waals surface area (Å²) in [6.07, 6.45) is 1.09. The summed E-state index contributed by atoms with van der Waals surface area (Å²) in [5.74, 6) is 0.504. The van der Waals surface area contributed by atoms with Crippen LogP contribution in [-0.4, -0.2) is 19.1 Å². The lowest BCUT2D eigenvalue weighted by atomic mass is 9.78. The van der Waals surface area contributed by atoms with Crippen molar-refractivity contribution in [1.82, 2.24) is 10.6 Å². The fourth-order valence-corrected chi connectivity index (χ4v) is 1.98. The lowest BCUT2D eigenvalue weighted by Crippen LogP contribution is -2.39. The van der Waals surface area contributed by atoms with Crippen LogP contribution in [0, 0.1) is 0 Å². The summed E-state index contributed by atoms with van der Waals surface area (Å²) in [5.41, 5.74) is 2.80. The maximum Gasteiger partial charge on any atom is 0.314 e. The monoisotopic (exact) mass is 204 g/mol. The normalized spacial score (nSPS) is 17.5. The van der Waals surface area contributed by atoms with Gasteiger partial charge in [-0.05, 0) is 24.5 Å². The molecule has 1 aromatic rings. The first kappa shape index (κ1) is 10.0. The molecule has 15 heavy (non-hydrogen) atoms. The van der Waals surface area contributed by atoms with Crippen LogP contribution >= 0.6 is 0 Å². The second-order valence-corrected chi connectivity index (χ2v) is 3.84. The Hall–Kier alpha value is -1.51. The van der Waals surface area contributed by atoms with Crippen LogP contribution < -0.4 is 10.6 Å².